The van der Waals surface area contributed by atoms with Gasteiger partial charge in [-0.3, -0.25) is 4.90 Å². The zero-order valence-corrected chi connectivity index (χ0v) is 11.3. The minimum atomic E-state index is -4.15. The minimum Gasteiger partial charge on any atom is -0.313 e. The first-order valence-corrected chi connectivity index (χ1v) is 6.58. The van der Waals surface area contributed by atoms with Crippen LogP contribution in [0.1, 0.15) is 33.6 Å². The molecule has 0 radical (unpaired) electrons. The second-order valence-electron chi connectivity index (χ2n) is 5.10. The van der Waals surface area contributed by atoms with E-state index in [1.807, 2.05) is 0 Å². The Labute approximate surface area is 107 Å². The van der Waals surface area contributed by atoms with Crippen LogP contribution in [0.3, 0.4) is 0 Å². The molecule has 1 unspecified atom stereocenters. The van der Waals surface area contributed by atoms with Crippen molar-refractivity contribution in [3.63, 3.8) is 0 Å². The number of halogens is 3. The van der Waals surface area contributed by atoms with Gasteiger partial charge in [0, 0.05) is 37.3 Å². The van der Waals surface area contributed by atoms with E-state index in [0.29, 0.717) is 25.2 Å². The van der Waals surface area contributed by atoms with E-state index >= 15 is 0 Å². The second kappa shape index (κ2) is 6.57. The molecule has 18 heavy (non-hydrogen) atoms. The Morgan fingerprint density at radius 1 is 1.39 bits per heavy atom. The molecule has 5 heteroatoms. The van der Waals surface area contributed by atoms with E-state index in [9.17, 15) is 13.2 Å². The summed E-state index contributed by atoms with van der Waals surface area (Å²) in [7, 11) is 0. The van der Waals surface area contributed by atoms with Crippen molar-refractivity contribution in [3.05, 3.63) is 11.6 Å². The summed E-state index contributed by atoms with van der Waals surface area (Å²) in [4.78, 5) is 2.13. The van der Waals surface area contributed by atoms with Crippen molar-refractivity contribution in [2.24, 2.45) is 0 Å². The fraction of sp³-hybridized carbons (Fsp3) is 0.846. The normalized spacial score (nSPS) is 20.1. The zero-order valence-electron chi connectivity index (χ0n) is 11.3. The van der Waals surface area contributed by atoms with E-state index < -0.39 is 6.18 Å². The molecule has 2 nitrogen and oxygen atoms in total. The van der Waals surface area contributed by atoms with Crippen molar-refractivity contribution in [3.8, 4) is 0 Å². The number of alkyl halides is 3. The highest BCUT2D eigenvalue weighted by Crippen LogP contribution is 2.30. The molecule has 0 spiro atoms. The Hall–Kier alpha value is -0.550. The molecule has 1 aliphatic heterocycles. The minimum absolute atomic E-state index is 0.113. The monoisotopic (exact) mass is 264 g/mol. The lowest BCUT2D eigenvalue weighted by atomic mass is 10.0. The third kappa shape index (κ3) is 4.61. The predicted molar refractivity (Wildman–Crippen MR) is 67.5 cm³/mol. The molecule has 0 aromatic carbocycles. The molecule has 0 aromatic rings. The van der Waals surface area contributed by atoms with Gasteiger partial charge in [0.2, 0.25) is 0 Å². The Kier molecular flexibility index (Phi) is 5.66. The lowest BCUT2D eigenvalue weighted by Gasteiger charge is -2.34. The lowest BCUT2D eigenvalue weighted by molar-refractivity contribution is -0.0964. The average Bonchev–Trinajstić information content (AvgIpc) is 2.29. The van der Waals surface area contributed by atoms with Gasteiger partial charge >= 0.3 is 6.18 Å². The first-order valence-electron chi connectivity index (χ1n) is 6.58. The molecular formula is C13H23F3N2. The Morgan fingerprint density at radius 3 is 2.44 bits per heavy atom. The molecule has 0 saturated carbocycles. The van der Waals surface area contributed by atoms with Crippen LogP contribution in [0.25, 0.3) is 0 Å². The van der Waals surface area contributed by atoms with Crippen LogP contribution >= 0.6 is 0 Å². The van der Waals surface area contributed by atoms with E-state index in [1.54, 1.807) is 0 Å². The highest BCUT2D eigenvalue weighted by molar-refractivity contribution is 5.13. The predicted octanol–water partition coefficient (Wildman–Crippen LogP) is 2.96. The van der Waals surface area contributed by atoms with E-state index in [-0.39, 0.29) is 12.0 Å². The highest BCUT2D eigenvalue weighted by Gasteiger charge is 2.35. The Bertz CT molecular complexity index is 284. The summed E-state index contributed by atoms with van der Waals surface area (Å²) in [6.07, 6.45) is -1.75. The number of nitrogens with zero attached hydrogens (tertiary/aromatic N) is 1. The number of hydrogen-bond donors (Lipinski definition) is 1. The molecule has 0 aromatic heterocycles. The molecule has 0 bridgehead atoms. The molecule has 1 heterocycles. The van der Waals surface area contributed by atoms with Crippen LogP contribution in [0.15, 0.2) is 11.6 Å². The van der Waals surface area contributed by atoms with Gasteiger partial charge in [-0.25, -0.2) is 0 Å². The van der Waals surface area contributed by atoms with E-state index in [4.69, 9.17) is 0 Å². The van der Waals surface area contributed by atoms with Crippen molar-refractivity contribution < 1.29 is 13.2 Å². The van der Waals surface area contributed by atoms with Gasteiger partial charge in [-0.05, 0) is 12.8 Å². The third-order valence-corrected chi connectivity index (χ3v) is 3.35. The summed E-state index contributed by atoms with van der Waals surface area (Å²) >= 11 is 0. The number of hydrogen-bond acceptors (Lipinski definition) is 2. The first-order chi connectivity index (χ1) is 8.34. The van der Waals surface area contributed by atoms with Crippen LogP contribution in [0.5, 0.6) is 0 Å². The van der Waals surface area contributed by atoms with Gasteiger partial charge in [-0.1, -0.05) is 26.8 Å². The van der Waals surface area contributed by atoms with Crippen molar-refractivity contribution in [2.45, 2.75) is 51.9 Å². The molecule has 0 amide bonds. The standard InChI is InChI=1S/C13H23F3N2/c1-4-12(9-17-10(2)3)18-7-5-11(6-8-18)13(14,15)16/h5,10,12,17H,4,6-9H2,1-3H3. The van der Waals surface area contributed by atoms with Gasteiger partial charge in [-0.2, -0.15) is 13.2 Å². The SMILES string of the molecule is CCC(CNC(C)C)N1CC=C(C(F)(F)F)CC1. The van der Waals surface area contributed by atoms with E-state index in [1.165, 1.54) is 6.08 Å². The maximum Gasteiger partial charge on any atom is 0.412 e. The molecule has 1 aliphatic rings. The maximum atomic E-state index is 12.5. The smallest absolute Gasteiger partial charge is 0.313 e. The van der Waals surface area contributed by atoms with Gasteiger partial charge in [0.05, 0.1) is 0 Å². The van der Waals surface area contributed by atoms with Gasteiger partial charge in [0.1, 0.15) is 0 Å². The highest BCUT2D eigenvalue weighted by atomic mass is 19.4. The molecular weight excluding hydrogens is 241 g/mol. The van der Waals surface area contributed by atoms with Crippen LogP contribution in [-0.4, -0.2) is 42.8 Å². The molecule has 106 valence electrons. The van der Waals surface area contributed by atoms with Crippen LogP contribution in [-0.2, 0) is 0 Å². The van der Waals surface area contributed by atoms with E-state index in [2.05, 4.69) is 31.0 Å². The topological polar surface area (TPSA) is 15.3 Å². The van der Waals surface area contributed by atoms with Crippen molar-refractivity contribution in [2.75, 3.05) is 19.6 Å². The van der Waals surface area contributed by atoms with E-state index in [0.717, 1.165) is 13.0 Å². The van der Waals surface area contributed by atoms with Gasteiger partial charge < -0.3 is 5.32 Å². The molecule has 1 atom stereocenters. The second-order valence-corrected chi connectivity index (χ2v) is 5.10. The quantitative estimate of drug-likeness (QED) is 0.768. The van der Waals surface area contributed by atoms with Crippen LogP contribution < -0.4 is 5.32 Å². The average molecular weight is 264 g/mol. The summed E-state index contributed by atoms with van der Waals surface area (Å²) in [5.74, 6) is 0. The van der Waals surface area contributed by atoms with Gasteiger partial charge in [-0.15, -0.1) is 0 Å². The molecule has 0 aliphatic carbocycles. The summed E-state index contributed by atoms with van der Waals surface area (Å²) in [6.45, 7) is 7.98. The largest absolute Gasteiger partial charge is 0.412 e. The van der Waals surface area contributed by atoms with Crippen molar-refractivity contribution in [1.82, 2.24) is 10.2 Å². The van der Waals surface area contributed by atoms with Gasteiger partial charge in [0.25, 0.3) is 0 Å². The van der Waals surface area contributed by atoms with Crippen LogP contribution in [0, 0.1) is 0 Å². The third-order valence-electron chi connectivity index (χ3n) is 3.35. The van der Waals surface area contributed by atoms with Crippen molar-refractivity contribution in [1.29, 1.82) is 0 Å². The summed E-state index contributed by atoms with van der Waals surface area (Å²) < 4.78 is 37.5. The lowest BCUT2D eigenvalue weighted by Crippen LogP contribution is -2.46. The fourth-order valence-electron chi connectivity index (χ4n) is 2.18. The molecule has 0 saturated heterocycles. The fourth-order valence-corrected chi connectivity index (χ4v) is 2.18. The Balaban J connectivity index is 2.52. The molecule has 1 N–H and O–H groups in total. The van der Waals surface area contributed by atoms with Crippen molar-refractivity contribution >= 4 is 0 Å². The Morgan fingerprint density at radius 2 is 2.06 bits per heavy atom. The molecule has 1 rings (SSSR count). The zero-order chi connectivity index (χ0) is 13.8. The number of rotatable bonds is 5. The maximum absolute atomic E-state index is 12.5. The van der Waals surface area contributed by atoms with Crippen LogP contribution in [0.2, 0.25) is 0 Å². The summed E-state index contributed by atoms with van der Waals surface area (Å²) in [6, 6.07) is 0.726. The summed E-state index contributed by atoms with van der Waals surface area (Å²) in [5, 5.41) is 3.35. The first kappa shape index (κ1) is 15.5. The summed E-state index contributed by atoms with van der Waals surface area (Å²) in [5.41, 5.74) is -0.370. The molecule has 0 fully saturated rings. The number of nitrogens with one attached hydrogen (secondary N) is 1. The van der Waals surface area contributed by atoms with Gasteiger partial charge in [0.15, 0.2) is 0 Å². The van der Waals surface area contributed by atoms with Crippen LogP contribution in [0.4, 0.5) is 13.2 Å².